The Morgan fingerprint density at radius 1 is 1.04 bits per heavy atom. The van der Waals surface area contributed by atoms with Gasteiger partial charge >= 0.3 is 0 Å². The van der Waals surface area contributed by atoms with E-state index in [1.807, 2.05) is 0 Å². The number of rotatable bonds is 6. The van der Waals surface area contributed by atoms with Crippen molar-refractivity contribution in [1.29, 1.82) is 0 Å². The molecule has 148 valence electrons. The normalized spacial score (nSPS) is 27.8. The number of carbonyl (C=O) groups excluding carboxylic acids is 3. The highest BCUT2D eigenvalue weighted by Crippen LogP contribution is 2.49. The highest BCUT2D eigenvalue weighted by Gasteiger charge is 2.54. The molecule has 1 saturated carbocycles. The first-order chi connectivity index (χ1) is 12.6. The molecule has 1 N–H and O–H groups in total. The van der Waals surface area contributed by atoms with E-state index in [1.165, 1.54) is 42.1 Å². The molecule has 4 atom stereocenters. The van der Waals surface area contributed by atoms with Crippen molar-refractivity contribution in [1.82, 2.24) is 0 Å². The summed E-state index contributed by atoms with van der Waals surface area (Å²) < 4.78 is 16.0. The summed E-state index contributed by atoms with van der Waals surface area (Å²) in [6.07, 6.45) is -0.248. The molecule has 7 nitrogen and oxygen atoms in total. The number of benzene rings is 1. The van der Waals surface area contributed by atoms with Gasteiger partial charge in [-0.25, -0.2) is 0 Å². The van der Waals surface area contributed by atoms with E-state index in [4.69, 9.17) is 14.2 Å². The summed E-state index contributed by atoms with van der Waals surface area (Å²) >= 11 is 0. The van der Waals surface area contributed by atoms with Crippen LogP contribution in [0.15, 0.2) is 12.1 Å². The zero-order valence-electron chi connectivity index (χ0n) is 16.5. The molecular weight excluding hydrogens is 352 g/mol. The van der Waals surface area contributed by atoms with Crippen LogP contribution < -0.4 is 14.2 Å². The van der Waals surface area contributed by atoms with Crippen molar-refractivity contribution < 1.29 is 33.7 Å². The average molecular weight is 378 g/mol. The Balaban J connectivity index is 2.77. The van der Waals surface area contributed by atoms with Gasteiger partial charge in [-0.15, -0.1) is 0 Å². The minimum atomic E-state index is -1.56. The molecule has 0 saturated heterocycles. The van der Waals surface area contributed by atoms with Crippen LogP contribution in [0.4, 0.5) is 0 Å². The predicted molar refractivity (Wildman–Crippen MR) is 97.4 cm³/mol. The van der Waals surface area contributed by atoms with Gasteiger partial charge in [-0.2, -0.15) is 0 Å². The van der Waals surface area contributed by atoms with Gasteiger partial charge in [0.05, 0.1) is 38.8 Å². The van der Waals surface area contributed by atoms with E-state index in [0.717, 1.165) is 0 Å². The van der Waals surface area contributed by atoms with Gasteiger partial charge in [-0.05, 0) is 38.5 Å². The van der Waals surface area contributed by atoms with Gasteiger partial charge in [-0.3, -0.25) is 14.4 Å². The molecule has 0 aromatic heterocycles. The van der Waals surface area contributed by atoms with E-state index < -0.39 is 23.4 Å². The SMILES string of the molecule is COc1cc([C@H]2[C@H](C(C)=O)C(=O)C[C@@](C)(O)[C@@H]2C(C)=O)cc(OC)c1OC. The summed E-state index contributed by atoms with van der Waals surface area (Å²) in [6.45, 7) is 4.14. The summed E-state index contributed by atoms with van der Waals surface area (Å²) in [5, 5.41) is 10.8. The Morgan fingerprint density at radius 3 is 1.93 bits per heavy atom. The Labute approximate surface area is 158 Å². The Bertz CT molecular complexity index is 741. The fraction of sp³-hybridized carbons (Fsp3) is 0.550. The lowest BCUT2D eigenvalue weighted by Gasteiger charge is -2.44. The van der Waals surface area contributed by atoms with Crippen molar-refractivity contribution in [3.8, 4) is 17.2 Å². The number of aliphatic hydroxyl groups is 1. The van der Waals surface area contributed by atoms with Gasteiger partial charge < -0.3 is 19.3 Å². The number of hydrogen-bond donors (Lipinski definition) is 1. The fourth-order valence-electron chi connectivity index (χ4n) is 4.20. The Kier molecular flexibility index (Phi) is 5.94. The smallest absolute Gasteiger partial charge is 0.203 e. The number of hydrogen-bond acceptors (Lipinski definition) is 7. The van der Waals surface area contributed by atoms with Crippen LogP contribution in [-0.2, 0) is 14.4 Å². The molecule has 27 heavy (non-hydrogen) atoms. The number of ketones is 3. The van der Waals surface area contributed by atoms with E-state index in [0.29, 0.717) is 22.8 Å². The number of methoxy groups -OCH3 is 3. The molecule has 0 bridgehead atoms. The van der Waals surface area contributed by atoms with Crippen molar-refractivity contribution in [2.45, 2.75) is 38.7 Å². The molecule has 0 radical (unpaired) electrons. The van der Waals surface area contributed by atoms with Gasteiger partial charge in [0.2, 0.25) is 5.75 Å². The van der Waals surface area contributed by atoms with Crippen LogP contribution in [-0.4, -0.2) is 49.4 Å². The van der Waals surface area contributed by atoms with Crippen LogP contribution in [0.5, 0.6) is 17.2 Å². The Hall–Kier alpha value is -2.41. The summed E-state index contributed by atoms with van der Waals surface area (Å²) in [5.41, 5.74) is -1.06. The van der Waals surface area contributed by atoms with Gasteiger partial charge in [0, 0.05) is 12.3 Å². The topological polar surface area (TPSA) is 99.1 Å². The second kappa shape index (κ2) is 7.68. The molecule has 0 spiro atoms. The first-order valence-electron chi connectivity index (χ1n) is 8.64. The minimum Gasteiger partial charge on any atom is -0.493 e. The summed E-state index contributed by atoms with van der Waals surface area (Å²) in [7, 11) is 4.37. The minimum absolute atomic E-state index is 0.248. The highest BCUT2D eigenvalue weighted by atomic mass is 16.5. The number of ether oxygens (including phenoxy) is 3. The van der Waals surface area contributed by atoms with Crippen molar-refractivity contribution in [2.75, 3.05) is 21.3 Å². The maximum absolute atomic E-state index is 12.7. The van der Waals surface area contributed by atoms with Crippen molar-refractivity contribution in [3.05, 3.63) is 17.7 Å². The third kappa shape index (κ3) is 3.69. The van der Waals surface area contributed by atoms with Crippen LogP contribution in [0.25, 0.3) is 0 Å². The molecule has 0 unspecified atom stereocenters. The predicted octanol–water partition coefficient (Wildman–Crippen LogP) is 1.93. The molecule has 0 aliphatic heterocycles. The summed E-state index contributed by atoms with van der Waals surface area (Å²) in [4.78, 5) is 37.4. The van der Waals surface area contributed by atoms with Crippen LogP contribution >= 0.6 is 0 Å². The average Bonchev–Trinajstić information content (AvgIpc) is 2.57. The molecule has 1 aliphatic carbocycles. The molecule has 2 rings (SSSR count). The first kappa shape index (κ1) is 20.9. The van der Waals surface area contributed by atoms with Crippen molar-refractivity contribution >= 4 is 17.3 Å². The molecule has 1 aromatic rings. The third-order valence-electron chi connectivity index (χ3n) is 5.22. The molecule has 0 amide bonds. The molecule has 7 heteroatoms. The highest BCUT2D eigenvalue weighted by molar-refractivity contribution is 6.05. The lowest BCUT2D eigenvalue weighted by Crippen LogP contribution is -2.53. The third-order valence-corrected chi connectivity index (χ3v) is 5.22. The van der Waals surface area contributed by atoms with E-state index in [1.54, 1.807) is 12.1 Å². The lowest BCUT2D eigenvalue weighted by molar-refractivity contribution is -0.151. The largest absolute Gasteiger partial charge is 0.493 e. The van der Waals surface area contributed by atoms with Crippen molar-refractivity contribution in [2.24, 2.45) is 11.8 Å². The molecular formula is C20H26O7. The second-order valence-corrected chi connectivity index (χ2v) is 7.16. The summed E-state index contributed by atoms with van der Waals surface area (Å²) in [5.74, 6) is -2.76. The maximum Gasteiger partial charge on any atom is 0.203 e. The van der Waals surface area contributed by atoms with Gasteiger partial charge in [-0.1, -0.05) is 0 Å². The maximum atomic E-state index is 12.7. The number of Topliss-reactive ketones (excluding diaryl/α,β-unsaturated/α-hetero) is 3. The summed E-state index contributed by atoms with van der Waals surface area (Å²) in [6, 6.07) is 3.24. The van der Waals surface area contributed by atoms with Crippen LogP contribution in [0.2, 0.25) is 0 Å². The van der Waals surface area contributed by atoms with E-state index in [9.17, 15) is 19.5 Å². The van der Waals surface area contributed by atoms with Gasteiger partial charge in [0.15, 0.2) is 11.5 Å². The quantitative estimate of drug-likeness (QED) is 0.755. The fourth-order valence-corrected chi connectivity index (χ4v) is 4.20. The monoisotopic (exact) mass is 378 g/mol. The standard InChI is InChI=1S/C20H26O7/c1-10(21)16-13(23)9-20(3,24)18(11(2)22)17(16)12-7-14(25-4)19(27-6)15(8-12)26-5/h7-8,16-18,24H,9H2,1-6H3/t16-,17+,18-,20-/m1/s1. The van der Waals surface area contributed by atoms with E-state index in [2.05, 4.69) is 0 Å². The van der Waals surface area contributed by atoms with Crippen LogP contribution in [0.3, 0.4) is 0 Å². The second-order valence-electron chi connectivity index (χ2n) is 7.16. The molecule has 1 aromatic carbocycles. The Morgan fingerprint density at radius 2 is 1.56 bits per heavy atom. The molecule has 0 heterocycles. The molecule has 1 aliphatic rings. The van der Waals surface area contributed by atoms with Crippen molar-refractivity contribution in [3.63, 3.8) is 0 Å². The van der Waals surface area contributed by atoms with Gasteiger partial charge in [0.1, 0.15) is 17.3 Å². The zero-order valence-corrected chi connectivity index (χ0v) is 16.5. The number of carbonyl (C=O) groups is 3. The zero-order chi connectivity index (χ0) is 20.5. The van der Waals surface area contributed by atoms with Crippen LogP contribution in [0, 0.1) is 11.8 Å². The molecule has 1 fully saturated rings. The van der Waals surface area contributed by atoms with Gasteiger partial charge in [0.25, 0.3) is 0 Å². The van der Waals surface area contributed by atoms with Crippen LogP contribution in [0.1, 0.15) is 38.7 Å². The first-order valence-corrected chi connectivity index (χ1v) is 8.64. The van der Waals surface area contributed by atoms with E-state index >= 15 is 0 Å². The van der Waals surface area contributed by atoms with E-state index in [-0.39, 0.29) is 23.8 Å². The lowest BCUT2D eigenvalue weighted by atomic mass is 9.60.